The van der Waals surface area contributed by atoms with E-state index < -0.39 is 27.6 Å². The maximum absolute atomic E-state index is 13.2. The summed E-state index contributed by atoms with van der Waals surface area (Å²) in [5, 5.41) is 6.18. The molecule has 6 nitrogen and oxygen atoms in total. The van der Waals surface area contributed by atoms with Crippen molar-refractivity contribution in [3.8, 4) is 0 Å². The summed E-state index contributed by atoms with van der Waals surface area (Å²) in [5.41, 5.74) is 0.694. The van der Waals surface area contributed by atoms with Crippen LogP contribution in [0.2, 0.25) is 0 Å². The Balaban J connectivity index is 2.03. The minimum absolute atomic E-state index is 0.0649. The molecule has 1 aliphatic carbocycles. The minimum atomic E-state index is -3.63. The van der Waals surface area contributed by atoms with Gasteiger partial charge in [0, 0.05) is 29.6 Å². The number of anilines is 1. The van der Waals surface area contributed by atoms with Crippen LogP contribution >= 0.6 is 11.6 Å². The molecular formula is C15H14ClF2N3O3S. The molecule has 1 amide bonds. The Morgan fingerprint density at radius 3 is 2.72 bits per heavy atom. The molecule has 0 radical (unpaired) electrons. The van der Waals surface area contributed by atoms with Gasteiger partial charge in [0.25, 0.3) is 5.91 Å². The van der Waals surface area contributed by atoms with Crippen molar-refractivity contribution in [1.29, 1.82) is 0 Å². The fraction of sp³-hybridized carbons (Fsp3) is 0.200. The second-order valence-electron chi connectivity index (χ2n) is 5.01. The van der Waals surface area contributed by atoms with E-state index in [0.717, 1.165) is 12.1 Å². The van der Waals surface area contributed by atoms with Crippen LogP contribution < -0.4 is 10.1 Å². The Morgan fingerprint density at radius 2 is 2.04 bits per heavy atom. The predicted molar refractivity (Wildman–Crippen MR) is 91.9 cm³/mol. The molecule has 25 heavy (non-hydrogen) atoms. The second kappa shape index (κ2) is 8.21. The number of benzene rings is 1. The van der Waals surface area contributed by atoms with Crippen molar-refractivity contribution in [3.63, 3.8) is 0 Å². The second-order valence-corrected chi connectivity index (χ2v) is 7.21. The highest BCUT2D eigenvalue weighted by atomic mass is 35.5. The molecule has 0 fully saturated rings. The van der Waals surface area contributed by atoms with Gasteiger partial charge >= 0.3 is 0 Å². The van der Waals surface area contributed by atoms with Crippen LogP contribution in [0.4, 0.5) is 14.5 Å². The number of halogens is 3. The Hall–Kier alpha value is -2.26. The van der Waals surface area contributed by atoms with Gasteiger partial charge in [0.15, 0.2) is 11.6 Å². The largest absolute Gasteiger partial charge is 0.322 e. The molecule has 0 saturated carbocycles. The van der Waals surface area contributed by atoms with Gasteiger partial charge in [-0.05, 0) is 18.2 Å². The molecule has 1 aromatic carbocycles. The summed E-state index contributed by atoms with van der Waals surface area (Å²) >= 11 is 5.38. The van der Waals surface area contributed by atoms with Crippen molar-refractivity contribution in [2.45, 2.75) is 6.42 Å². The molecule has 0 bridgehead atoms. The summed E-state index contributed by atoms with van der Waals surface area (Å²) < 4.78 is 49.1. The van der Waals surface area contributed by atoms with Crippen molar-refractivity contribution in [1.82, 2.24) is 4.83 Å². The summed E-state index contributed by atoms with van der Waals surface area (Å²) in [6.45, 7) is 0. The average Bonchev–Trinajstić information content (AvgIpc) is 2.57. The summed E-state index contributed by atoms with van der Waals surface area (Å²) in [5.74, 6) is -2.99. The van der Waals surface area contributed by atoms with Gasteiger partial charge in [-0.15, -0.1) is 11.6 Å². The summed E-state index contributed by atoms with van der Waals surface area (Å²) in [6, 6.07) is 2.99. The van der Waals surface area contributed by atoms with E-state index >= 15 is 0 Å². The van der Waals surface area contributed by atoms with Gasteiger partial charge in [0.05, 0.1) is 11.5 Å². The number of nitrogens with zero attached hydrogens (tertiary/aromatic N) is 1. The van der Waals surface area contributed by atoms with Gasteiger partial charge in [-0.25, -0.2) is 22.0 Å². The fourth-order valence-electron chi connectivity index (χ4n) is 1.88. The molecule has 0 spiro atoms. The lowest BCUT2D eigenvalue weighted by molar-refractivity contribution is -0.112. The normalized spacial score (nSPS) is 15.8. The van der Waals surface area contributed by atoms with Crippen LogP contribution in [0.25, 0.3) is 0 Å². The zero-order chi connectivity index (χ0) is 18.4. The van der Waals surface area contributed by atoms with E-state index in [1.54, 1.807) is 0 Å². The molecule has 0 atom stereocenters. The summed E-state index contributed by atoms with van der Waals surface area (Å²) in [6.07, 6.45) is 4.65. The molecule has 1 aliphatic rings. The van der Waals surface area contributed by atoms with Crippen LogP contribution in [-0.2, 0) is 14.8 Å². The number of carbonyl (C=O) groups is 1. The first-order valence-corrected chi connectivity index (χ1v) is 9.25. The van der Waals surface area contributed by atoms with Crippen molar-refractivity contribution < 1.29 is 22.0 Å². The third-order valence-corrected chi connectivity index (χ3v) is 4.63. The number of hydrazone groups is 1. The zero-order valence-electron chi connectivity index (χ0n) is 12.8. The molecule has 0 heterocycles. The number of allylic oxidation sites excluding steroid dienone is 3. The lowest BCUT2D eigenvalue weighted by Gasteiger charge is -2.12. The number of alkyl halides is 1. The topological polar surface area (TPSA) is 87.6 Å². The van der Waals surface area contributed by atoms with Crippen molar-refractivity contribution in [2.24, 2.45) is 5.10 Å². The van der Waals surface area contributed by atoms with Crippen LogP contribution in [0.15, 0.2) is 47.1 Å². The van der Waals surface area contributed by atoms with Crippen LogP contribution in [0.1, 0.15) is 6.42 Å². The number of hydrogen-bond acceptors (Lipinski definition) is 4. The van der Waals surface area contributed by atoms with Crippen LogP contribution in [0.3, 0.4) is 0 Å². The Labute approximate surface area is 148 Å². The van der Waals surface area contributed by atoms with Crippen LogP contribution in [-0.4, -0.2) is 31.7 Å². The third kappa shape index (κ3) is 5.64. The molecule has 0 aromatic heterocycles. The standard InChI is InChI=1S/C15H14ClF2N3O3S/c16-6-7-25(23,24)21-20-12-3-1-2-10(8-12)15(22)19-11-4-5-13(17)14(18)9-11/h1-5,9,21H,6-8H2,(H,19,22). The first-order valence-electron chi connectivity index (χ1n) is 7.06. The third-order valence-electron chi connectivity index (χ3n) is 3.10. The molecule has 2 N–H and O–H groups in total. The smallest absolute Gasteiger partial charge is 0.251 e. The summed E-state index contributed by atoms with van der Waals surface area (Å²) in [7, 11) is -3.63. The van der Waals surface area contributed by atoms with E-state index in [1.165, 1.54) is 24.3 Å². The predicted octanol–water partition coefficient (Wildman–Crippen LogP) is 2.30. The highest BCUT2D eigenvalue weighted by Crippen LogP contribution is 2.16. The molecular weight excluding hydrogens is 376 g/mol. The molecule has 134 valence electrons. The quantitative estimate of drug-likeness (QED) is 0.578. The van der Waals surface area contributed by atoms with Gasteiger partial charge in [0.1, 0.15) is 0 Å². The number of carbonyl (C=O) groups excluding carboxylic acids is 1. The minimum Gasteiger partial charge on any atom is -0.322 e. The van der Waals surface area contributed by atoms with E-state index in [1.807, 2.05) is 4.83 Å². The summed E-state index contributed by atoms with van der Waals surface area (Å²) in [4.78, 5) is 14.2. The molecule has 2 rings (SSSR count). The number of rotatable bonds is 6. The molecule has 0 saturated heterocycles. The Morgan fingerprint density at radius 1 is 1.28 bits per heavy atom. The number of amides is 1. The van der Waals surface area contributed by atoms with Crippen LogP contribution in [0.5, 0.6) is 0 Å². The average molecular weight is 390 g/mol. The van der Waals surface area contributed by atoms with Crippen molar-refractivity contribution in [3.05, 3.63) is 53.6 Å². The Bertz CT molecular complexity index is 867. The van der Waals surface area contributed by atoms with E-state index in [9.17, 15) is 22.0 Å². The van der Waals surface area contributed by atoms with E-state index in [-0.39, 0.29) is 29.3 Å². The molecule has 0 unspecified atom stereocenters. The monoisotopic (exact) mass is 389 g/mol. The maximum atomic E-state index is 13.2. The highest BCUT2D eigenvalue weighted by Gasteiger charge is 2.16. The number of nitrogens with one attached hydrogen (secondary N) is 2. The zero-order valence-corrected chi connectivity index (χ0v) is 14.4. The van der Waals surface area contributed by atoms with Gasteiger partial charge in [-0.1, -0.05) is 12.2 Å². The van der Waals surface area contributed by atoms with Crippen molar-refractivity contribution >= 4 is 38.9 Å². The number of sulfonamides is 1. The first-order chi connectivity index (χ1) is 11.8. The Kier molecular flexibility index (Phi) is 6.27. The SMILES string of the molecule is O=C(Nc1ccc(F)c(F)c1)C1=CC=CC(=NNS(=O)(=O)CCCl)C1. The molecule has 10 heteroatoms. The highest BCUT2D eigenvalue weighted by molar-refractivity contribution is 7.89. The first kappa shape index (κ1) is 19.1. The molecule has 1 aromatic rings. The number of hydrogen-bond donors (Lipinski definition) is 2. The van der Waals surface area contributed by atoms with Gasteiger partial charge in [-0.2, -0.15) is 5.10 Å². The van der Waals surface area contributed by atoms with Gasteiger partial charge in [0.2, 0.25) is 10.0 Å². The van der Waals surface area contributed by atoms with Gasteiger partial charge < -0.3 is 5.32 Å². The lowest BCUT2D eigenvalue weighted by Crippen LogP contribution is -2.25. The molecule has 0 aliphatic heterocycles. The maximum Gasteiger partial charge on any atom is 0.251 e. The fourth-order valence-corrected chi connectivity index (χ4v) is 3.04. The van der Waals surface area contributed by atoms with Crippen LogP contribution in [0, 0.1) is 11.6 Å². The lowest BCUT2D eigenvalue weighted by atomic mass is 10.0. The van der Waals surface area contributed by atoms with Crippen molar-refractivity contribution in [2.75, 3.05) is 16.9 Å². The van der Waals surface area contributed by atoms with E-state index in [4.69, 9.17) is 11.6 Å². The van der Waals surface area contributed by atoms with Gasteiger partial charge in [-0.3, -0.25) is 4.79 Å². The van der Waals surface area contributed by atoms with E-state index in [0.29, 0.717) is 5.71 Å². The van der Waals surface area contributed by atoms with E-state index in [2.05, 4.69) is 10.4 Å².